The van der Waals surface area contributed by atoms with Crippen LogP contribution in [0.25, 0.3) is 21.0 Å². The van der Waals surface area contributed by atoms with Crippen molar-refractivity contribution in [3.8, 4) is 0 Å². The van der Waals surface area contributed by atoms with Crippen LogP contribution in [0.4, 0.5) is 5.13 Å². The number of carbonyl (C=O) groups excluding carboxylic acids is 1. The summed E-state index contributed by atoms with van der Waals surface area (Å²) < 4.78 is 1.14. The zero-order chi connectivity index (χ0) is 17.8. The molecule has 1 heterocycles. The van der Waals surface area contributed by atoms with Crippen LogP contribution in [0.5, 0.6) is 0 Å². The van der Waals surface area contributed by atoms with Gasteiger partial charge in [0, 0.05) is 10.9 Å². The Hall–Kier alpha value is -2.72. The summed E-state index contributed by atoms with van der Waals surface area (Å²) in [5.74, 6) is -0.107. The molecule has 3 nitrogen and oxygen atoms in total. The Balaban J connectivity index is 1.56. The molecular weight excluding hydrogens is 340 g/mol. The Labute approximate surface area is 155 Å². The van der Waals surface area contributed by atoms with E-state index in [4.69, 9.17) is 4.98 Å². The highest BCUT2D eigenvalue weighted by Gasteiger charge is 2.19. The fourth-order valence-electron chi connectivity index (χ4n) is 3.81. The van der Waals surface area contributed by atoms with Gasteiger partial charge in [-0.3, -0.25) is 10.1 Å². The zero-order valence-electron chi connectivity index (χ0n) is 14.7. The fourth-order valence-corrected chi connectivity index (χ4v) is 4.75. The van der Waals surface area contributed by atoms with Gasteiger partial charge >= 0.3 is 0 Å². The molecule has 3 aromatic carbocycles. The van der Waals surface area contributed by atoms with Gasteiger partial charge in [-0.15, -0.1) is 0 Å². The summed E-state index contributed by atoms with van der Waals surface area (Å²) in [6.45, 7) is 4.07. The molecule has 0 unspecified atom stereocenters. The van der Waals surface area contributed by atoms with Crippen LogP contribution in [0.15, 0.2) is 42.5 Å². The van der Waals surface area contributed by atoms with Gasteiger partial charge in [-0.25, -0.2) is 4.98 Å². The monoisotopic (exact) mass is 358 g/mol. The molecule has 1 aliphatic rings. The maximum absolute atomic E-state index is 12.6. The Morgan fingerprint density at radius 3 is 2.73 bits per heavy atom. The number of aromatic nitrogens is 1. The van der Waals surface area contributed by atoms with Gasteiger partial charge in [0.2, 0.25) is 0 Å². The van der Waals surface area contributed by atoms with Gasteiger partial charge in [-0.05, 0) is 72.5 Å². The summed E-state index contributed by atoms with van der Waals surface area (Å²) in [7, 11) is 0. The van der Waals surface area contributed by atoms with Crippen molar-refractivity contribution in [1.29, 1.82) is 0 Å². The molecule has 0 radical (unpaired) electrons. The van der Waals surface area contributed by atoms with E-state index in [-0.39, 0.29) is 5.91 Å². The Bertz CT molecular complexity index is 1210. The van der Waals surface area contributed by atoms with E-state index in [0.717, 1.165) is 28.6 Å². The number of rotatable bonds is 2. The smallest absolute Gasteiger partial charge is 0.257 e. The van der Waals surface area contributed by atoms with Crippen molar-refractivity contribution in [3.05, 3.63) is 70.3 Å². The van der Waals surface area contributed by atoms with Crippen LogP contribution in [-0.4, -0.2) is 10.9 Å². The van der Waals surface area contributed by atoms with Gasteiger partial charge in [0.25, 0.3) is 5.91 Å². The first-order chi connectivity index (χ1) is 12.6. The molecule has 1 aromatic heterocycles. The molecule has 0 saturated carbocycles. The second-order valence-corrected chi connectivity index (χ2v) is 8.02. The standard InChI is InChI=1S/C22H18N2OS/c1-12-6-7-16(10-13(12)2)21(25)24-22-23-20-17-5-3-4-14-8-9-15(19(14)17)11-18(20)26-22/h3-7,10-11H,8-9H2,1-2H3,(H,23,24,25). The molecule has 4 heteroatoms. The number of hydrogen-bond donors (Lipinski definition) is 1. The SMILES string of the molecule is Cc1ccc(C(=O)Nc2nc3c(cc4c5c(cccc53)CC4)s2)cc1C. The fraction of sp³-hybridized carbons (Fsp3) is 0.182. The first-order valence-corrected chi connectivity index (χ1v) is 9.64. The van der Waals surface area contributed by atoms with Gasteiger partial charge < -0.3 is 0 Å². The lowest BCUT2D eigenvalue weighted by atomic mass is 10.0. The van der Waals surface area contributed by atoms with Gasteiger partial charge in [0.1, 0.15) is 0 Å². The van der Waals surface area contributed by atoms with E-state index < -0.39 is 0 Å². The number of benzene rings is 3. The first kappa shape index (κ1) is 15.5. The van der Waals surface area contributed by atoms with Crippen LogP contribution in [0.3, 0.4) is 0 Å². The maximum atomic E-state index is 12.6. The molecule has 0 aliphatic heterocycles. The maximum Gasteiger partial charge on any atom is 0.257 e. The topological polar surface area (TPSA) is 42.0 Å². The van der Waals surface area contributed by atoms with Gasteiger partial charge in [-0.1, -0.05) is 35.6 Å². The number of thiazole rings is 1. The number of nitrogens with zero attached hydrogens (tertiary/aromatic N) is 1. The molecule has 5 rings (SSSR count). The van der Waals surface area contributed by atoms with E-state index in [9.17, 15) is 4.79 Å². The molecule has 128 valence electrons. The molecule has 1 amide bonds. The van der Waals surface area contributed by atoms with Crippen LogP contribution in [-0.2, 0) is 12.8 Å². The lowest BCUT2D eigenvalue weighted by molar-refractivity contribution is 0.102. The van der Waals surface area contributed by atoms with Crippen molar-refractivity contribution in [2.24, 2.45) is 0 Å². The predicted molar refractivity (Wildman–Crippen MR) is 108 cm³/mol. The van der Waals surface area contributed by atoms with Crippen LogP contribution in [0, 0.1) is 13.8 Å². The van der Waals surface area contributed by atoms with E-state index in [2.05, 4.69) is 29.6 Å². The molecule has 26 heavy (non-hydrogen) atoms. The van der Waals surface area contributed by atoms with E-state index in [0.29, 0.717) is 10.7 Å². The number of fused-ring (bicyclic) bond motifs is 2. The summed E-state index contributed by atoms with van der Waals surface area (Å²) in [5, 5.41) is 6.20. The third-order valence-corrected chi connectivity index (χ3v) is 6.26. The Morgan fingerprint density at radius 1 is 1.04 bits per heavy atom. The van der Waals surface area contributed by atoms with Crippen molar-refractivity contribution in [2.45, 2.75) is 26.7 Å². The Morgan fingerprint density at radius 2 is 1.88 bits per heavy atom. The van der Waals surface area contributed by atoms with Crippen molar-refractivity contribution in [1.82, 2.24) is 4.98 Å². The number of hydrogen-bond acceptors (Lipinski definition) is 3. The summed E-state index contributed by atoms with van der Waals surface area (Å²) in [4.78, 5) is 17.3. The van der Waals surface area contributed by atoms with Gasteiger partial charge in [0.05, 0.1) is 10.2 Å². The molecule has 0 bridgehead atoms. The minimum atomic E-state index is -0.107. The van der Waals surface area contributed by atoms with Crippen molar-refractivity contribution in [2.75, 3.05) is 5.32 Å². The Kier molecular flexibility index (Phi) is 3.37. The summed E-state index contributed by atoms with van der Waals surface area (Å²) in [5.41, 5.74) is 6.78. The van der Waals surface area contributed by atoms with Gasteiger partial charge in [0.15, 0.2) is 5.13 Å². The zero-order valence-corrected chi connectivity index (χ0v) is 15.5. The summed E-state index contributed by atoms with van der Waals surface area (Å²) in [6.07, 6.45) is 2.20. The number of aryl methyl sites for hydroxylation is 4. The largest absolute Gasteiger partial charge is 0.298 e. The third-order valence-electron chi connectivity index (χ3n) is 5.34. The van der Waals surface area contributed by atoms with Gasteiger partial charge in [-0.2, -0.15) is 0 Å². The average molecular weight is 358 g/mol. The number of anilines is 1. The second kappa shape index (κ2) is 5.64. The summed E-state index contributed by atoms with van der Waals surface area (Å²) in [6, 6.07) is 14.5. The van der Waals surface area contributed by atoms with E-state index in [1.807, 2.05) is 32.0 Å². The molecule has 0 atom stereocenters. The molecule has 1 aliphatic carbocycles. The number of carbonyl (C=O) groups is 1. The number of amides is 1. The van der Waals surface area contributed by atoms with E-state index in [1.165, 1.54) is 27.5 Å². The summed E-state index contributed by atoms with van der Waals surface area (Å²) >= 11 is 1.55. The van der Waals surface area contributed by atoms with Crippen molar-refractivity contribution in [3.63, 3.8) is 0 Å². The average Bonchev–Trinajstić information content (AvgIpc) is 3.23. The van der Waals surface area contributed by atoms with E-state index in [1.54, 1.807) is 11.3 Å². The molecule has 0 fully saturated rings. The van der Waals surface area contributed by atoms with Crippen LogP contribution < -0.4 is 5.32 Å². The lowest BCUT2D eigenvalue weighted by Gasteiger charge is -2.04. The highest BCUT2D eigenvalue weighted by molar-refractivity contribution is 7.22. The minimum absolute atomic E-state index is 0.107. The van der Waals surface area contributed by atoms with Crippen LogP contribution in [0.1, 0.15) is 32.6 Å². The molecular formula is C22H18N2OS. The van der Waals surface area contributed by atoms with Crippen LogP contribution >= 0.6 is 11.3 Å². The molecule has 1 N–H and O–H groups in total. The van der Waals surface area contributed by atoms with Crippen molar-refractivity contribution >= 4 is 43.4 Å². The molecule has 0 spiro atoms. The molecule has 4 aromatic rings. The van der Waals surface area contributed by atoms with Crippen molar-refractivity contribution < 1.29 is 4.79 Å². The first-order valence-electron chi connectivity index (χ1n) is 8.83. The second-order valence-electron chi connectivity index (χ2n) is 6.99. The normalized spacial score (nSPS) is 12.8. The molecule has 0 saturated heterocycles. The number of nitrogens with one attached hydrogen (secondary N) is 1. The highest BCUT2D eigenvalue weighted by atomic mass is 32.1. The third kappa shape index (κ3) is 2.33. The van der Waals surface area contributed by atoms with Crippen LogP contribution in [0.2, 0.25) is 0 Å². The predicted octanol–water partition coefficient (Wildman–Crippen LogP) is 5.42. The lowest BCUT2D eigenvalue weighted by Crippen LogP contribution is -2.11. The van der Waals surface area contributed by atoms with E-state index >= 15 is 0 Å². The quantitative estimate of drug-likeness (QED) is 0.520. The minimum Gasteiger partial charge on any atom is -0.298 e. The highest BCUT2D eigenvalue weighted by Crippen LogP contribution is 2.39.